The Hall–Kier alpha value is -3.05. The second-order valence-corrected chi connectivity index (χ2v) is 9.92. The molecule has 5 heteroatoms. The molecular weight excluding hydrogens is 414 g/mol. The molecule has 0 radical (unpaired) electrons. The van der Waals surface area contributed by atoms with E-state index in [0.717, 1.165) is 28.1 Å². The number of ether oxygens (including phenoxy) is 1. The van der Waals surface area contributed by atoms with Gasteiger partial charge < -0.3 is 4.74 Å². The zero-order valence-electron chi connectivity index (χ0n) is 17.9. The van der Waals surface area contributed by atoms with Gasteiger partial charge in [-0.1, -0.05) is 42.8 Å². The summed E-state index contributed by atoms with van der Waals surface area (Å²) < 4.78 is 5.97. The summed E-state index contributed by atoms with van der Waals surface area (Å²) in [5, 5.41) is 2.98. The van der Waals surface area contributed by atoms with E-state index in [1.807, 2.05) is 17.6 Å². The van der Waals surface area contributed by atoms with E-state index in [0.29, 0.717) is 12.5 Å². The van der Waals surface area contributed by atoms with E-state index < -0.39 is 0 Å². The monoisotopic (exact) mass is 439 g/mol. The lowest BCUT2D eigenvalue weighted by Gasteiger charge is -2.39. The highest BCUT2D eigenvalue weighted by molar-refractivity contribution is 7.09. The number of nitrogens with zero attached hydrogens (tertiary/aromatic N) is 3. The van der Waals surface area contributed by atoms with Gasteiger partial charge in [0, 0.05) is 34.9 Å². The topological polar surface area (TPSA) is 47.9 Å². The molecule has 4 aromatic rings. The Labute approximate surface area is 192 Å². The first kappa shape index (κ1) is 19.6. The zero-order valence-corrected chi connectivity index (χ0v) is 18.7. The maximum atomic E-state index is 5.97. The molecule has 2 heterocycles. The van der Waals surface area contributed by atoms with Crippen LogP contribution in [0, 0.1) is 11.8 Å². The van der Waals surface area contributed by atoms with Crippen molar-refractivity contribution in [2.45, 2.75) is 37.7 Å². The molecule has 160 valence electrons. The van der Waals surface area contributed by atoms with Crippen LogP contribution in [-0.2, 0) is 12.0 Å². The van der Waals surface area contributed by atoms with Crippen LogP contribution in [0.5, 0.6) is 5.75 Å². The highest BCUT2D eigenvalue weighted by atomic mass is 32.1. The molecule has 32 heavy (non-hydrogen) atoms. The standard InChI is InChI=1S/C27H25N3OS/c1-12-29-26(30-13-1)20-3-6-21(7-4-20)27(17-19-2-5-23(27)16-19)22-8-10-24(11-9-22)31-18-25-28-14-15-32-25/h1,3-4,6-15,19,23H,2,5,16-18H2/t19-,23+,27-/m1/s1. The van der Waals surface area contributed by atoms with Crippen LogP contribution >= 0.6 is 11.3 Å². The number of rotatable bonds is 6. The van der Waals surface area contributed by atoms with Gasteiger partial charge in [-0.05, 0) is 60.4 Å². The van der Waals surface area contributed by atoms with Crippen molar-refractivity contribution in [3.8, 4) is 17.1 Å². The van der Waals surface area contributed by atoms with Crippen molar-refractivity contribution < 1.29 is 4.74 Å². The molecule has 2 aliphatic rings. The Balaban J connectivity index is 1.31. The Kier molecular flexibility index (Phi) is 4.99. The van der Waals surface area contributed by atoms with Crippen molar-refractivity contribution >= 4 is 11.3 Å². The first-order valence-electron chi connectivity index (χ1n) is 11.3. The summed E-state index contributed by atoms with van der Waals surface area (Å²) >= 11 is 1.62. The summed E-state index contributed by atoms with van der Waals surface area (Å²) in [5.74, 6) is 3.22. The number of fused-ring (bicyclic) bond motifs is 2. The second kappa shape index (κ2) is 8.14. The lowest BCUT2D eigenvalue weighted by atomic mass is 9.64. The number of thiazole rings is 1. The molecule has 0 N–H and O–H groups in total. The van der Waals surface area contributed by atoms with Gasteiger partial charge in [0.2, 0.25) is 0 Å². The Morgan fingerprint density at radius 2 is 1.62 bits per heavy atom. The Morgan fingerprint density at radius 3 is 2.25 bits per heavy atom. The van der Waals surface area contributed by atoms with Crippen LogP contribution in [0.4, 0.5) is 0 Å². The van der Waals surface area contributed by atoms with E-state index in [4.69, 9.17) is 4.74 Å². The van der Waals surface area contributed by atoms with E-state index in [2.05, 4.69) is 63.5 Å². The van der Waals surface area contributed by atoms with Gasteiger partial charge in [-0.2, -0.15) is 0 Å². The van der Waals surface area contributed by atoms with Gasteiger partial charge in [0.25, 0.3) is 0 Å². The van der Waals surface area contributed by atoms with Crippen LogP contribution in [0.15, 0.2) is 78.6 Å². The van der Waals surface area contributed by atoms with Crippen LogP contribution in [0.2, 0.25) is 0 Å². The summed E-state index contributed by atoms with van der Waals surface area (Å²) in [5.41, 5.74) is 3.99. The molecular formula is C27H25N3OS. The predicted octanol–water partition coefficient (Wildman–Crippen LogP) is 6.29. The molecule has 0 unspecified atom stereocenters. The van der Waals surface area contributed by atoms with Crippen LogP contribution in [0.25, 0.3) is 11.4 Å². The molecule has 4 nitrogen and oxygen atoms in total. The van der Waals surface area contributed by atoms with Crippen LogP contribution in [-0.4, -0.2) is 15.0 Å². The fraction of sp³-hybridized carbons (Fsp3) is 0.296. The molecule has 2 aromatic heterocycles. The molecule has 6 rings (SSSR count). The van der Waals surface area contributed by atoms with Crippen molar-refractivity contribution in [3.05, 3.63) is 94.7 Å². The minimum Gasteiger partial charge on any atom is -0.486 e. The molecule has 3 atom stereocenters. The molecule has 0 spiro atoms. The minimum atomic E-state index is 0.0901. The minimum absolute atomic E-state index is 0.0901. The van der Waals surface area contributed by atoms with Crippen LogP contribution < -0.4 is 4.74 Å². The summed E-state index contributed by atoms with van der Waals surface area (Å²) in [4.78, 5) is 13.1. The van der Waals surface area contributed by atoms with Crippen molar-refractivity contribution in [2.75, 3.05) is 0 Å². The number of benzene rings is 2. The van der Waals surface area contributed by atoms with Gasteiger partial charge in [-0.25, -0.2) is 15.0 Å². The number of hydrogen-bond acceptors (Lipinski definition) is 5. The zero-order chi connectivity index (χ0) is 21.4. The fourth-order valence-electron chi connectivity index (χ4n) is 5.89. The van der Waals surface area contributed by atoms with Gasteiger partial charge in [0.05, 0.1) is 0 Å². The number of hydrogen-bond donors (Lipinski definition) is 0. The smallest absolute Gasteiger partial charge is 0.159 e. The molecule has 2 bridgehead atoms. The van der Waals surface area contributed by atoms with E-state index >= 15 is 0 Å². The second-order valence-electron chi connectivity index (χ2n) is 8.94. The van der Waals surface area contributed by atoms with E-state index in [-0.39, 0.29) is 5.41 Å². The normalized spacial score (nSPS) is 24.0. The van der Waals surface area contributed by atoms with Gasteiger partial charge in [0.1, 0.15) is 17.4 Å². The molecule has 0 saturated heterocycles. The lowest BCUT2D eigenvalue weighted by molar-refractivity contribution is 0.303. The largest absolute Gasteiger partial charge is 0.486 e. The third-order valence-electron chi connectivity index (χ3n) is 7.29. The summed E-state index contributed by atoms with van der Waals surface area (Å²) in [6, 6.07) is 19.7. The van der Waals surface area contributed by atoms with Gasteiger partial charge in [-0.15, -0.1) is 11.3 Å². The average molecular weight is 440 g/mol. The first-order valence-corrected chi connectivity index (χ1v) is 12.2. The highest BCUT2D eigenvalue weighted by Gasteiger charge is 2.52. The summed E-state index contributed by atoms with van der Waals surface area (Å²) in [7, 11) is 0. The fourth-order valence-corrected chi connectivity index (χ4v) is 6.41. The lowest BCUT2D eigenvalue weighted by Crippen LogP contribution is -2.34. The van der Waals surface area contributed by atoms with Gasteiger partial charge in [0.15, 0.2) is 5.82 Å². The van der Waals surface area contributed by atoms with Gasteiger partial charge in [-0.3, -0.25) is 0 Å². The summed E-state index contributed by atoms with van der Waals surface area (Å²) in [6.45, 7) is 0.524. The molecule has 0 aliphatic heterocycles. The molecule has 2 saturated carbocycles. The highest BCUT2D eigenvalue weighted by Crippen LogP contribution is 2.60. The predicted molar refractivity (Wildman–Crippen MR) is 127 cm³/mol. The van der Waals surface area contributed by atoms with Crippen LogP contribution in [0.3, 0.4) is 0 Å². The average Bonchev–Trinajstić information content (AvgIpc) is 3.62. The van der Waals surface area contributed by atoms with E-state index in [9.17, 15) is 0 Å². The molecule has 2 aliphatic carbocycles. The van der Waals surface area contributed by atoms with Crippen molar-refractivity contribution in [3.63, 3.8) is 0 Å². The third kappa shape index (κ3) is 3.41. The molecule has 2 fully saturated rings. The maximum absolute atomic E-state index is 5.97. The third-order valence-corrected chi connectivity index (χ3v) is 8.04. The summed E-state index contributed by atoms with van der Waals surface area (Å²) in [6.07, 6.45) is 10.7. The maximum Gasteiger partial charge on any atom is 0.159 e. The first-order chi connectivity index (χ1) is 15.8. The van der Waals surface area contributed by atoms with Crippen molar-refractivity contribution in [1.29, 1.82) is 0 Å². The van der Waals surface area contributed by atoms with E-state index in [1.165, 1.54) is 36.8 Å². The van der Waals surface area contributed by atoms with E-state index in [1.54, 1.807) is 23.7 Å². The number of aromatic nitrogens is 3. The Morgan fingerprint density at radius 1 is 0.875 bits per heavy atom. The quantitative estimate of drug-likeness (QED) is 0.354. The van der Waals surface area contributed by atoms with Crippen molar-refractivity contribution in [2.24, 2.45) is 11.8 Å². The SMILES string of the molecule is c1cnc(-c2ccc([C@@]3(c4ccc(OCc5nccs5)cc4)C[C@@H]4CC[C@H]3C4)cc2)nc1. The Bertz CT molecular complexity index is 1180. The molecule has 0 amide bonds. The van der Waals surface area contributed by atoms with Gasteiger partial charge >= 0.3 is 0 Å². The molecule has 2 aromatic carbocycles. The van der Waals surface area contributed by atoms with Crippen LogP contribution in [0.1, 0.15) is 41.8 Å². The van der Waals surface area contributed by atoms with Crippen molar-refractivity contribution in [1.82, 2.24) is 15.0 Å².